The number of aromatic nitrogens is 1. The number of anilines is 2. The highest BCUT2D eigenvalue weighted by atomic mass is 35.5. The molecule has 6 atom stereocenters. The number of benzene rings is 3. The average molecular weight is 1010 g/mol. The van der Waals surface area contributed by atoms with Gasteiger partial charge in [0.1, 0.15) is 23.7 Å². The molecule has 0 unspecified atom stereocenters. The SMILES string of the molecule is [2H]C([2H])([2H])Oc1cc2c(cn1)[C@]1(CN2)[C@@H](c2cccc(Cl)c2F)[C@H](C(=O)N2C[C@@H](C)Oc3cc(C(=O)N4CCC5(CC4)C[C@H]5C#Cc4cccc5c4CN([C@H]4CCC(=O)NC4=O)C5=O)ccc32)NC12CCC(C)(C)CC2. The molecule has 3 saturated heterocycles. The van der Waals surface area contributed by atoms with Crippen LogP contribution in [0.15, 0.2) is 66.9 Å². The molecule has 0 radical (unpaired) electrons. The molecule has 1 aromatic heterocycles. The van der Waals surface area contributed by atoms with Gasteiger partial charge in [0, 0.05) is 95.6 Å². The third-order valence-corrected chi connectivity index (χ3v) is 18.2. The van der Waals surface area contributed by atoms with Crippen LogP contribution in [0.3, 0.4) is 0 Å². The monoisotopic (exact) mass is 1010 g/mol. The van der Waals surface area contributed by atoms with Gasteiger partial charge in [0.25, 0.3) is 11.8 Å². The number of hydrogen-bond acceptors (Lipinski definition) is 10. The van der Waals surface area contributed by atoms with Gasteiger partial charge in [-0.1, -0.05) is 55.5 Å². The molecule has 0 bridgehead atoms. The van der Waals surface area contributed by atoms with Crippen LogP contribution in [-0.2, 0) is 26.3 Å². The van der Waals surface area contributed by atoms with E-state index in [1.165, 1.54) is 11.0 Å². The number of likely N-dealkylation sites (tertiary alicyclic amines) is 1. The lowest BCUT2D eigenvalue weighted by atomic mass is 9.54. The standard InChI is InChI=1S/C57H59ClFN7O7/c1-32-29-65(53(71)49-47(37-9-6-10-40(58)48(37)59)57(56(63-49)19-17-54(2,3)18-20-56)31-61-41-26-46(72-4)60-28-39(41)57)42-14-12-34(25-44(42)73-32)51(69)64-23-21-55(22-24-64)27-35(55)13-11-33-7-5-8-36-38(33)30-66(52(36)70)43-15-16-45(67)62-50(43)68/h5-10,12,14,25-26,28,32,35,43,47,49,61,63H,15-24,27,29-31H2,1-4H3,(H,62,67,68)/t32-,35-,43+,47+,49-,57-/m1/s1/i4D3. The summed E-state index contributed by atoms with van der Waals surface area (Å²) in [6.07, 6.45) is 7.09. The summed E-state index contributed by atoms with van der Waals surface area (Å²) in [6.45, 7) is 8.19. The van der Waals surface area contributed by atoms with Crippen LogP contribution >= 0.6 is 11.6 Å². The summed E-state index contributed by atoms with van der Waals surface area (Å²) in [6, 6.07) is 15.5. The van der Waals surface area contributed by atoms with Gasteiger partial charge in [0.05, 0.1) is 34.4 Å². The van der Waals surface area contributed by atoms with Crippen LogP contribution in [0.5, 0.6) is 11.6 Å². The molecule has 73 heavy (non-hydrogen) atoms. The minimum Gasteiger partial charge on any atom is -0.487 e. The number of piperidine rings is 2. The number of ether oxygens (including phenoxy) is 2. The van der Waals surface area contributed by atoms with Gasteiger partial charge in [-0.05, 0) is 117 Å². The zero-order valence-electron chi connectivity index (χ0n) is 44.0. The Hall–Kier alpha value is -6.50. The predicted molar refractivity (Wildman–Crippen MR) is 271 cm³/mol. The van der Waals surface area contributed by atoms with Gasteiger partial charge in [-0.2, -0.15) is 0 Å². The van der Waals surface area contributed by atoms with Gasteiger partial charge >= 0.3 is 0 Å². The smallest absolute Gasteiger partial charge is 0.255 e. The number of methoxy groups -OCH3 is 1. The third kappa shape index (κ3) is 7.59. The Morgan fingerprint density at radius 2 is 1.81 bits per heavy atom. The quantitative estimate of drug-likeness (QED) is 0.135. The van der Waals surface area contributed by atoms with Gasteiger partial charge in [-0.3, -0.25) is 34.6 Å². The molecule has 6 aliphatic heterocycles. The Bertz CT molecular complexity index is 3220. The fourth-order valence-electron chi connectivity index (χ4n) is 13.7. The molecule has 5 fully saturated rings. The van der Waals surface area contributed by atoms with Gasteiger partial charge in [0.15, 0.2) is 0 Å². The Kier molecular flexibility index (Phi) is 10.4. The summed E-state index contributed by atoms with van der Waals surface area (Å²) in [5.41, 5.74) is 2.93. The fourth-order valence-corrected chi connectivity index (χ4v) is 13.9. The van der Waals surface area contributed by atoms with E-state index in [1.807, 2.05) is 24.0 Å². The topological polar surface area (TPSA) is 163 Å². The highest BCUT2D eigenvalue weighted by Gasteiger charge is 2.69. The molecule has 12 rings (SSSR count). The second kappa shape index (κ2) is 17.3. The molecule has 378 valence electrons. The maximum atomic E-state index is 16.8. The number of amides is 5. The second-order valence-electron chi connectivity index (χ2n) is 22.5. The molecule has 8 aliphatic rings. The molecule has 14 nitrogen and oxygen atoms in total. The van der Waals surface area contributed by atoms with Crippen LogP contribution in [0.25, 0.3) is 0 Å². The van der Waals surface area contributed by atoms with Gasteiger partial charge < -0.3 is 29.5 Å². The Morgan fingerprint density at radius 1 is 1.01 bits per heavy atom. The molecular formula is C57H59ClFN7O7. The minimum absolute atomic E-state index is 0.0113. The number of imide groups is 1. The summed E-state index contributed by atoms with van der Waals surface area (Å²) in [4.78, 5) is 77.5. The lowest BCUT2D eigenvalue weighted by molar-refractivity contribution is -0.137. The van der Waals surface area contributed by atoms with E-state index in [4.69, 9.17) is 25.2 Å². The Balaban J connectivity index is 0.785. The number of fused-ring (bicyclic) bond motifs is 5. The van der Waals surface area contributed by atoms with Crippen molar-refractivity contribution in [2.24, 2.45) is 16.7 Å². The van der Waals surface area contributed by atoms with Crippen LogP contribution in [0.2, 0.25) is 5.02 Å². The predicted octanol–water partition coefficient (Wildman–Crippen LogP) is 7.51. The molecule has 3 spiro atoms. The van der Waals surface area contributed by atoms with Gasteiger partial charge in [-0.15, -0.1) is 0 Å². The molecule has 4 aromatic rings. The first-order chi connectivity index (χ1) is 36.2. The number of nitrogens with zero attached hydrogens (tertiary/aromatic N) is 4. The maximum absolute atomic E-state index is 16.8. The van der Waals surface area contributed by atoms with E-state index < -0.39 is 53.8 Å². The zero-order chi connectivity index (χ0) is 53.3. The van der Waals surface area contributed by atoms with Crippen molar-refractivity contribution in [1.29, 1.82) is 0 Å². The van der Waals surface area contributed by atoms with Crippen LogP contribution in [0.1, 0.15) is 132 Å². The summed E-state index contributed by atoms with van der Waals surface area (Å²) in [7, 11) is -2.73. The summed E-state index contributed by atoms with van der Waals surface area (Å²) >= 11 is 6.58. The van der Waals surface area contributed by atoms with Crippen molar-refractivity contribution in [1.82, 2.24) is 25.4 Å². The van der Waals surface area contributed by atoms with Crippen molar-refractivity contribution in [3.05, 3.63) is 111 Å². The van der Waals surface area contributed by atoms with E-state index in [1.54, 1.807) is 53.6 Å². The summed E-state index contributed by atoms with van der Waals surface area (Å²) < 4.78 is 51.7. The van der Waals surface area contributed by atoms with Crippen molar-refractivity contribution in [2.75, 3.05) is 43.4 Å². The summed E-state index contributed by atoms with van der Waals surface area (Å²) in [5, 5.41) is 9.71. The molecule has 7 heterocycles. The van der Waals surface area contributed by atoms with E-state index >= 15 is 9.18 Å². The number of halogens is 2. The van der Waals surface area contributed by atoms with Crippen molar-refractivity contribution in [2.45, 2.75) is 120 Å². The van der Waals surface area contributed by atoms with Crippen LogP contribution in [0.4, 0.5) is 15.8 Å². The van der Waals surface area contributed by atoms with Crippen molar-refractivity contribution < 1.29 is 41.9 Å². The van der Waals surface area contributed by atoms with E-state index in [0.29, 0.717) is 60.7 Å². The van der Waals surface area contributed by atoms with Crippen molar-refractivity contribution >= 4 is 52.5 Å². The fraction of sp³-hybridized carbons (Fsp3) is 0.474. The Morgan fingerprint density at radius 3 is 2.59 bits per heavy atom. The first-order valence-corrected chi connectivity index (χ1v) is 25.9. The molecule has 2 saturated carbocycles. The van der Waals surface area contributed by atoms with E-state index in [-0.39, 0.29) is 82.8 Å². The van der Waals surface area contributed by atoms with Crippen molar-refractivity contribution in [3.8, 4) is 23.5 Å². The molecule has 2 aliphatic carbocycles. The lowest BCUT2D eigenvalue weighted by Gasteiger charge is -2.51. The highest BCUT2D eigenvalue weighted by Crippen LogP contribution is 2.64. The van der Waals surface area contributed by atoms with Crippen LogP contribution < -0.4 is 30.3 Å². The van der Waals surface area contributed by atoms with Crippen LogP contribution in [0, 0.1) is 34.4 Å². The van der Waals surface area contributed by atoms with Gasteiger partial charge in [0.2, 0.25) is 23.6 Å². The highest BCUT2D eigenvalue weighted by molar-refractivity contribution is 6.30. The number of carbonyl (C=O) groups is 5. The molecular weight excluding hydrogens is 949 g/mol. The second-order valence-corrected chi connectivity index (χ2v) is 22.9. The van der Waals surface area contributed by atoms with E-state index in [9.17, 15) is 19.2 Å². The lowest BCUT2D eigenvalue weighted by Crippen LogP contribution is -2.60. The largest absolute Gasteiger partial charge is 0.487 e. The molecule has 3 N–H and O–H groups in total. The molecule has 5 amide bonds. The van der Waals surface area contributed by atoms with E-state index in [0.717, 1.165) is 48.8 Å². The first-order valence-electron chi connectivity index (χ1n) is 27.0. The zero-order valence-corrected chi connectivity index (χ0v) is 41.8. The normalized spacial score (nSPS) is 28.7. The van der Waals surface area contributed by atoms with Gasteiger partial charge in [-0.25, -0.2) is 9.37 Å². The summed E-state index contributed by atoms with van der Waals surface area (Å²) in [5.74, 6) is 4.43. The molecule has 3 aromatic carbocycles. The third-order valence-electron chi connectivity index (χ3n) is 17.9. The number of hydrogen-bond donors (Lipinski definition) is 3. The number of rotatable bonds is 5. The number of carbonyl (C=O) groups excluding carboxylic acids is 5. The maximum Gasteiger partial charge on any atom is 0.255 e. The first kappa shape index (κ1) is 44.0. The van der Waals surface area contributed by atoms with Crippen molar-refractivity contribution in [3.63, 3.8) is 0 Å². The minimum atomic E-state index is -2.73. The molecule has 16 heteroatoms. The Labute approximate surface area is 433 Å². The van der Waals surface area contributed by atoms with E-state index in [2.05, 4.69) is 46.6 Å². The number of pyridine rings is 1. The average Bonchev–Trinajstić information content (AvgIpc) is 3.75. The number of nitrogens with one attached hydrogen (secondary N) is 3. The van der Waals surface area contributed by atoms with Crippen LogP contribution in [-0.4, -0.2) is 101 Å².